The molecule has 0 aromatic heterocycles. The number of allylic oxidation sites excluding steroid dienone is 2. The molecule has 1 unspecified atom stereocenters. The number of carbonyl (C=O) groups excluding carboxylic acids is 2. The first-order valence-electron chi connectivity index (χ1n) is 9.72. The Morgan fingerprint density at radius 2 is 2.00 bits per heavy atom. The number of para-hydroxylation sites is 1. The normalized spacial score (nSPS) is 21.7. The van der Waals surface area contributed by atoms with Crippen molar-refractivity contribution in [2.24, 2.45) is 10.9 Å². The van der Waals surface area contributed by atoms with E-state index >= 15 is 0 Å². The number of Topliss-reactive ketones (excluding diaryl/α,β-unsaturated/α-hetero) is 1. The van der Waals surface area contributed by atoms with Crippen LogP contribution >= 0.6 is 0 Å². The third-order valence-electron chi connectivity index (χ3n) is 5.31. The average molecular weight is 385 g/mol. The molecule has 1 aliphatic carbocycles. The summed E-state index contributed by atoms with van der Waals surface area (Å²) in [5, 5.41) is 0. The molecule has 1 aliphatic heterocycles. The summed E-state index contributed by atoms with van der Waals surface area (Å²) in [6.07, 6.45) is 2.71. The predicted molar refractivity (Wildman–Crippen MR) is 106 cm³/mol. The fourth-order valence-electron chi connectivity index (χ4n) is 4.10. The van der Waals surface area contributed by atoms with Crippen molar-refractivity contribution in [2.45, 2.75) is 45.4 Å². The van der Waals surface area contributed by atoms with Crippen molar-refractivity contribution in [1.82, 2.24) is 0 Å². The third-order valence-corrected chi connectivity index (χ3v) is 5.31. The number of carbonyl (C=O) groups is 2. The maximum atomic E-state index is 13.0. The van der Waals surface area contributed by atoms with E-state index in [0.717, 1.165) is 30.5 Å². The van der Waals surface area contributed by atoms with Crippen molar-refractivity contribution < 1.29 is 23.8 Å². The Morgan fingerprint density at radius 3 is 2.68 bits per heavy atom. The number of ether oxygens (including phenoxy) is 3. The standard InChI is InChI=1S/C22H27NO5/c1-5-12-28-22(25)18-13(2)23-15-9-7-10-16(24)20(15)19(18)14-8-6-11-17(26-3)21(14)27-4/h6,8,11,18-19H,5,7,9-10,12H2,1-4H3/t18?,19-/m1/s1. The lowest BCUT2D eigenvalue weighted by Crippen LogP contribution is -2.37. The van der Waals surface area contributed by atoms with E-state index in [1.807, 2.05) is 26.0 Å². The highest BCUT2D eigenvalue weighted by molar-refractivity contribution is 6.09. The zero-order chi connectivity index (χ0) is 20.3. The Morgan fingerprint density at radius 1 is 1.21 bits per heavy atom. The van der Waals surface area contributed by atoms with Gasteiger partial charge in [-0.1, -0.05) is 19.1 Å². The van der Waals surface area contributed by atoms with Gasteiger partial charge in [0.1, 0.15) is 5.92 Å². The van der Waals surface area contributed by atoms with Crippen molar-refractivity contribution in [3.05, 3.63) is 35.0 Å². The van der Waals surface area contributed by atoms with Crippen molar-refractivity contribution in [3.63, 3.8) is 0 Å². The van der Waals surface area contributed by atoms with Gasteiger partial charge in [-0.05, 0) is 32.3 Å². The first kappa shape index (κ1) is 20.1. The highest BCUT2D eigenvalue weighted by Crippen LogP contribution is 2.48. The molecule has 150 valence electrons. The van der Waals surface area contributed by atoms with Crippen LogP contribution in [0.2, 0.25) is 0 Å². The second-order valence-corrected chi connectivity index (χ2v) is 7.10. The van der Waals surface area contributed by atoms with Crippen LogP contribution in [0, 0.1) is 5.92 Å². The van der Waals surface area contributed by atoms with Crippen LogP contribution in [0.3, 0.4) is 0 Å². The zero-order valence-electron chi connectivity index (χ0n) is 16.9. The van der Waals surface area contributed by atoms with Crippen LogP contribution < -0.4 is 9.47 Å². The summed E-state index contributed by atoms with van der Waals surface area (Å²) in [7, 11) is 3.13. The summed E-state index contributed by atoms with van der Waals surface area (Å²) in [5.74, 6) is -0.374. The van der Waals surface area contributed by atoms with E-state index < -0.39 is 11.8 Å². The van der Waals surface area contributed by atoms with Gasteiger partial charge >= 0.3 is 5.97 Å². The van der Waals surface area contributed by atoms with E-state index in [0.29, 0.717) is 35.8 Å². The fourth-order valence-corrected chi connectivity index (χ4v) is 4.10. The van der Waals surface area contributed by atoms with E-state index in [1.54, 1.807) is 20.3 Å². The monoisotopic (exact) mass is 385 g/mol. The summed E-state index contributed by atoms with van der Waals surface area (Å²) >= 11 is 0. The van der Waals surface area contributed by atoms with Crippen LogP contribution in [0.5, 0.6) is 11.5 Å². The molecular formula is C22H27NO5. The molecule has 6 heteroatoms. The molecule has 1 aromatic rings. The first-order chi connectivity index (χ1) is 13.5. The van der Waals surface area contributed by atoms with Gasteiger partial charge in [0.15, 0.2) is 17.3 Å². The summed E-state index contributed by atoms with van der Waals surface area (Å²) < 4.78 is 16.5. The molecular weight excluding hydrogens is 358 g/mol. The number of ketones is 1. The highest BCUT2D eigenvalue weighted by Gasteiger charge is 2.44. The largest absolute Gasteiger partial charge is 0.493 e. The van der Waals surface area contributed by atoms with Gasteiger partial charge in [-0.2, -0.15) is 0 Å². The molecule has 6 nitrogen and oxygen atoms in total. The van der Waals surface area contributed by atoms with Crippen LogP contribution in [0.15, 0.2) is 34.5 Å². The smallest absolute Gasteiger partial charge is 0.315 e. The first-order valence-corrected chi connectivity index (χ1v) is 9.72. The van der Waals surface area contributed by atoms with Gasteiger partial charge in [0.2, 0.25) is 0 Å². The molecule has 0 amide bonds. The van der Waals surface area contributed by atoms with Gasteiger partial charge < -0.3 is 14.2 Å². The second-order valence-electron chi connectivity index (χ2n) is 7.10. The number of esters is 1. The average Bonchev–Trinajstić information content (AvgIpc) is 2.70. The van der Waals surface area contributed by atoms with Crippen LogP contribution in [0.1, 0.15) is 51.0 Å². The Hall–Kier alpha value is -2.63. The molecule has 3 rings (SSSR count). The minimum absolute atomic E-state index is 0.0423. The van der Waals surface area contributed by atoms with Crippen molar-refractivity contribution in [1.29, 1.82) is 0 Å². The van der Waals surface area contributed by atoms with Crippen molar-refractivity contribution in [2.75, 3.05) is 20.8 Å². The molecule has 0 fully saturated rings. The molecule has 0 bridgehead atoms. The molecule has 0 N–H and O–H groups in total. The molecule has 0 spiro atoms. The summed E-state index contributed by atoms with van der Waals surface area (Å²) in [6.45, 7) is 4.12. The lowest BCUT2D eigenvalue weighted by atomic mass is 9.71. The minimum Gasteiger partial charge on any atom is -0.493 e. The van der Waals surface area contributed by atoms with Gasteiger partial charge in [-0.15, -0.1) is 0 Å². The number of aliphatic imine (C=N–C) groups is 1. The van der Waals surface area contributed by atoms with Gasteiger partial charge in [-0.25, -0.2) is 0 Å². The molecule has 2 aliphatic rings. The highest BCUT2D eigenvalue weighted by atomic mass is 16.5. The molecule has 0 saturated carbocycles. The number of hydrogen-bond acceptors (Lipinski definition) is 6. The SMILES string of the molecule is CCCOC(=O)C1C(C)=NC2=C(C(=O)CCC2)[C@@H]1c1cccc(OC)c1OC. The number of rotatable bonds is 6. The van der Waals surface area contributed by atoms with E-state index in [2.05, 4.69) is 4.99 Å². The van der Waals surface area contributed by atoms with E-state index in [1.165, 1.54) is 0 Å². The number of hydrogen-bond donors (Lipinski definition) is 0. The molecule has 0 radical (unpaired) electrons. The number of nitrogens with zero attached hydrogens (tertiary/aromatic N) is 1. The predicted octanol–water partition coefficient (Wildman–Crippen LogP) is 3.84. The zero-order valence-corrected chi connectivity index (χ0v) is 16.9. The van der Waals surface area contributed by atoms with E-state index in [9.17, 15) is 9.59 Å². The van der Waals surface area contributed by atoms with Gasteiger partial charge in [0, 0.05) is 34.9 Å². The van der Waals surface area contributed by atoms with Gasteiger partial charge in [0.05, 0.1) is 20.8 Å². The maximum absolute atomic E-state index is 13.0. The molecule has 1 heterocycles. The summed E-state index contributed by atoms with van der Waals surface area (Å²) in [4.78, 5) is 30.5. The summed E-state index contributed by atoms with van der Waals surface area (Å²) in [5.41, 5.74) is 2.81. The van der Waals surface area contributed by atoms with Crippen LogP contribution in [0.25, 0.3) is 0 Å². The topological polar surface area (TPSA) is 74.2 Å². The molecule has 28 heavy (non-hydrogen) atoms. The fraction of sp³-hybridized carbons (Fsp3) is 0.500. The quantitative estimate of drug-likeness (QED) is 0.696. The van der Waals surface area contributed by atoms with Gasteiger partial charge in [0.25, 0.3) is 0 Å². The number of benzene rings is 1. The maximum Gasteiger partial charge on any atom is 0.315 e. The van der Waals surface area contributed by atoms with Crippen LogP contribution in [0.4, 0.5) is 0 Å². The number of methoxy groups -OCH3 is 2. The molecule has 1 aromatic carbocycles. The van der Waals surface area contributed by atoms with Crippen molar-refractivity contribution >= 4 is 17.5 Å². The lowest BCUT2D eigenvalue weighted by Gasteiger charge is -2.35. The Kier molecular flexibility index (Phi) is 6.17. The van der Waals surface area contributed by atoms with Crippen LogP contribution in [-0.4, -0.2) is 38.3 Å². The summed E-state index contributed by atoms with van der Waals surface area (Å²) in [6, 6.07) is 5.53. The third kappa shape index (κ3) is 3.55. The van der Waals surface area contributed by atoms with E-state index in [-0.39, 0.29) is 11.8 Å². The molecule has 0 saturated heterocycles. The Balaban J connectivity index is 2.19. The van der Waals surface area contributed by atoms with Gasteiger partial charge in [-0.3, -0.25) is 14.6 Å². The van der Waals surface area contributed by atoms with E-state index in [4.69, 9.17) is 14.2 Å². The Bertz CT molecular complexity index is 839. The van der Waals surface area contributed by atoms with Crippen molar-refractivity contribution in [3.8, 4) is 11.5 Å². The lowest BCUT2D eigenvalue weighted by molar-refractivity contribution is -0.146. The second kappa shape index (κ2) is 8.59. The Labute approximate surface area is 165 Å². The minimum atomic E-state index is -0.659. The van der Waals surface area contributed by atoms with Crippen LogP contribution in [-0.2, 0) is 14.3 Å². The molecule has 2 atom stereocenters.